The van der Waals surface area contributed by atoms with Crippen molar-refractivity contribution in [1.29, 1.82) is 0 Å². The monoisotopic (exact) mass is 261 g/mol. The van der Waals surface area contributed by atoms with E-state index in [1.165, 1.54) is 7.11 Å². The largest absolute Gasteiger partial charge is 0.496 e. The lowest BCUT2D eigenvalue weighted by Crippen LogP contribution is -2.07. The molecule has 0 atom stereocenters. The van der Waals surface area contributed by atoms with Gasteiger partial charge in [-0.2, -0.15) is 0 Å². The number of nitrogens with two attached hydrogens (primary N) is 1. The van der Waals surface area contributed by atoms with Crippen LogP contribution in [0.4, 0.5) is 5.69 Å². The molecule has 18 heavy (non-hydrogen) atoms. The van der Waals surface area contributed by atoms with E-state index in [0.29, 0.717) is 27.6 Å². The van der Waals surface area contributed by atoms with Gasteiger partial charge in [-0.05, 0) is 36.4 Å². The number of ether oxygens (including phenoxy) is 1. The fourth-order valence-electron chi connectivity index (χ4n) is 1.71. The molecule has 0 aliphatic rings. The first-order chi connectivity index (χ1) is 8.63. The van der Waals surface area contributed by atoms with Crippen molar-refractivity contribution >= 4 is 23.1 Å². The number of nitrogen functional groups attached to an aromatic ring is 1. The summed E-state index contributed by atoms with van der Waals surface area (Å²) in [7, 11) is 1.51. The van der Waals surface area contributed by atoms with Gasteiger partial charge in [0.2, 0.25) is 0 Å². The topological polar surface area (TPSA) is 52.3 Å². The zero-order valence-corrected chi connectivity index (χ0v) is 10.6. The Morgan fingerprint density at radius 1 is 1.17 bits per heavy atom. The molecule has 2 rings (SSSR count). The molecule has 0 aliphatic carbocycles. The highest BCUT2D eigenvalue weighted by Crippen LogP contribution is 2.27. The SMILES string of the molecule is COc1cccc(N)c1C(=O)c1ccc(Cl)cc1. The van der Waals surface area contributed by atoms with Gasteiger partial charge in [0.05, 0.1) is 12.7 Å². The van der Waals surface area contributed by atoms with Crippen LogP contribution in [0.15, 0.2) is 42.5 Å². The Morgan fingerprint density at radius 3 is 2.44 bits per heavy atom. The molecule has 0 heterocycles. The number of hydrogen-bond acceptors (Lipinski definition) is 3. The van der Waals surface area contributed by atoms with Crippen LogP contribution in [0.5, 0.6) is 5.75 Å². The van der Waals surface area contributed by atoms with Gasteiger partial charge in [0.25, 0.3) is 0 Å². The van der Waals surface area contributed by atoms with Crippen LogP contribution in [0.2, 0.25) is 5.02 Å². The van der Waals surface area contributed by atoms with E-state index in [-0.39, 0.29) is 5.78 Å². The minimum Gasteiger partial charge on any atom is -0.496 e. The highest BCUT2D eigenvalue weighted by molar-refractivity contribution is 6.30. The number of ketones is 1. The number of halogens is 1. The van der Waals surface area contributed by atoms with Crippen molar-refractivity contribution in [2.24, 2.45) is 0 Å². The molecule has 3 nitrogen and oxygen atoms in total. The first-order valence-corrected chi connectivity index (χ1v) is 5.74. The smallest absolute Gasteiger partial charge is 0.198 e. The Morgan fingerprint density at radius 2 is 1.83 bits per heavy atom. The Hall–Kier alpha value is -2.00. The van der Waals surface area contributed by atoms with E-state index in [1.54, 1.807) is 42.5 Å². The molecule has 0 saturated heterocycles. The highest BCUT2D eigenvalue weighted by atomic mass is 35.5. The third-order valence-corrected chi connectivity index (χ3v) is 2.86. The maximum absolute atomic E-state index is 12.4. The number of carbonyl (C=O) groups is 1. The van der Waals surface area contributed by atoms with Crippen LogP contribution in [0, 0.1) is 0 Å². The van der Waals surface area contributed by atoms with Crippen LogP contribution in [-0.2, 0) is 0 Å². The van der Waals surface area contributed by atoms with Gasteiger partial charge in [0, 0.05) is 16.3 Å². The van der Waals surface area contributed by atoms with Gasteiger partial charge >= 0.3 is 0 Å². The molecule has 0 aliphatic heterocycles. The van der Waals surface area contributed by atoms with Crippen LogP contribution < -0.4 is 10.5 Å². The van der Waals surface area contributed by atoms with Gasteiger partial charge in [0.1, 0.15) is 5.75 Å². The number of carbonyl (C=O) groups excluding carboxylic acids is 1. The lowest BCUT2D eigenvalue weighted by Gasteiger charge is -2.10. The number of hydrogen-bond donors (Lipinski definition) is 1. The standard InChI is InChI=1S/C14H12ClNO2/c1-18-12-4-2-3-11(16)13(12)14(17)9-5-7-10(15)8-6-9/h2-8H,16H2,1H3. The third-order valence-electron chi connectivity index (χ3n) is 2.61. The summed E-state index contributed by atoms with van der Waals surface area (Å²) in [5.41, 5.74) is 7.14. The lowest BCUT2D eigenvalue weighted by molar-refractivity contribution is 0.103. The van der Waals surface area contributed by atoms with Gasteiger partial charge in [-0.1, -0.05) is 17.7 Å². The minimum atomic E-state index is -0.179. The molecule has 2 N–H and O–H groups in total. The van der Waals surface area contributed by atoms with E-state index in [0.717, 1.165) is 0 Å². The molecule has 0 saturated carbocycles. The quantitative estimate of drug-likeness (QED) is 0.682. The first-order valence-electron chi connectivity index (χ1n) is 5.36. The van der Waals surface area contributed by atoms with E-state index in [1.807, 2.05) is 0 Å². The van der Waals surface area contributed by atoms with Crippen molar-refractivity contribution in [2.45, 2.75) is 0 Å². The van der Waals surface area contributed by atoms with Crippen LogP contribution in [-0.4, -0.2) is 12.9 Å². The average molecular weight is 262 g/mol. The van der Waals surface area contributed by atoms with Crippen molar-refractivity contribution in [3.63, 3.8) is 0 Å². The van der Waals surface area contributed by atoms with Crippen molar-refractivity contribution < 1.29 is 9.53 Å². The third kappa shape index (κ3) is 2.31. The molecule has 92 valence electrons. The minimum absolute atomic E-state index is 0.179. The van der Waals surface area contributed by atoms with Gasteiger partial charge in [-0.3, -0.25) is 4.79 Å². The zero-order valence-electron chi connectivity index (χ0n) is 9.81. The molecular formula is C14H12ClNO2. The van der Waals surface area contributed by atoms with Gasteiger partial charge in [-0.15, -0.1) is 0 Å². The predicted octanol–water partition coefficient (Wildman–Crippen LogP) is 3.16. The molecular weight excluding hydrogens is 250 g/mol. The van der Waals surface area contributed by atoms with Gasteiger partial charge in [-0.25, -0.2) is 0 Å². The zero-order chi connectivity index (χ0) is 13.1. The summed E-state index contributed by atoms with van der Waals surface area (Å²) in [6.07, 6.45) is 0. The summed E-state index contributed by atoms with van der Waals surface area (Å²) in [5, 5.41) is 0.583. The maximum Gasteiger partial charge on any atom is 0.198 e. The molecule has 0 fully saturated rings. The number of rotatable bonds is 3. The summed E-state index contributed by atoms with van der Waals surface area (Å²) in [4.78, 5) is 12.4. The second-order valence-electron chi connectivity index (χ2n) is 3.76. The van der Waals surface area contributed by atoms with E-state index in [4.69, 9.17) is 22.1 Å². The van der Waals surface area contributed by atoms with Crippen LogP contribution in [0.3, 0.4) is 0 Å². The first kappa shape index (κ1) is 12.5. The fraction of sp³-hybridized carbons (Fsp3) is 0.0714. The Kier molecular flexibility index (Phi) is 3.53. The molecule has 0 aromatic heterocycles. The number of benzene rings is 2. The molecule has 0 amide bonds. The second kappa shape index (κ2) is 5.10. The molecule has 0 spiro atoms. The summed E-state index contributed by atoms with van der Waals surface area (Å²) in [5.74, 6) is 0.288. The van der Waals surface area contributed by atoms with Crippen molar-refractivity contribution in [3.8, 4) is 5.75 Å². The molecule has 2 aromatic carbocycles. The summed E-state index contributed by atoms with van der Waals surface area (Å²) < 4.78 is 5.17. The molecule has 2 aromatic rings. The Labute approximate surface area is 110 Å². The van der Waals surface area contributed by atoms with E-state index < -0.39 is 0 Å². The average Bonchev–Trinajstić information content (AvgIpc) is 2.38. The predicted molar refractivity (Wildman–Crippen MR) is 72.3 cm³/mol. The fourth-order valence-corrected chi connectivity index (χ4v) is 1.83. The molecule has 4 heteroatoms. The number of anilines is 1. The van der Waals surface area contributed by atoms with Crippen LogP contribution >= 0.6 is 11.6 Å². The normalized spacial score (nSPS) is 10.1. The summed E-state index contributed by atoms with van der Waals surface area (Å²) in [6.45, 7) is 0. The highest BCUT2D eigenvalue weighted by Gasteiger charge is 2.17. The van der Waals surface area contributed by atoms with E-state index >= 15 is 0 Å². The van der Waals surface area contributed by atoms with E-state index in [9.17, 15) is 4.79 Å². The van der Waals surface area contributed by atoms with Gasteiger partial charge in [0.15, 0.2) is 5.78 Å². The molecule has 0 radical (unpaired) electrons. The maximum atomic E-state index is 12.4. The van der Waals surface area contributed by atoms with Crippen molar-refractivity contribution in [2.75, 3.05) is 12.8 Å². The Bertz CT molecular complexity index is 579. The van der Waals surface area contributed by atoms with Crippen molar-refractivity contribution in [1.82, 2.24) is 0 Å². The summed E-state index contributed by atoms with van der Waals surface area (Å²) >= 11 is 5.79. The number of methoxy groups -OCH3 is 1. The van der Waals surface area contributed by atoms with Crippen LogP contribution in [0.1, 0.15) is 15.9 Å². The van der Waals surface area contributed by atoms with E-state index in [2.05, 4.69) is 0 Å². The Balaban J connectivity index is 2.49. The summed E-state index contributed by atoms with van der Waals surface area (Å²) in [6, 6.07) is 11.8. The molecule has 0 unspecified atom stereocenters. The molecule has 0 bridgehead atoms. The van der Waals surface area contributed by atoms with Gasteiger partial charge < -0.3 is 10.5 Å². The lowest BCUT2D eigenvalue weighted by atomic mass is 10.0. The van der Waals surface area contributed by atoms with Crippen LogP contribution in [0.25, 0.3) is 0 Å². The van der Waals surface area contributed by atoms with Crippen molar-refractivity contribution in [3.05, 3.63) is 58.6 Å². The second-order valence-corrected chi connectivity index (χ2v) is 4.20.